The van der Waals surface area contributed by atoms with Gasteiger partial charge in [-0.3, -0.25) is 9.58 Å². The molecule has 4 nitrogen and oxygen atoms in total. The summed E-state index contributed by atoms with van der Waals surface area (Å²) >= 11 is 0. The van der Waals surface area contributed by atoms with Crippen molar-refractivity contribution in [2.75, 3.05) is 20.1 Å². The van der Waals surface area contributed by atoms with Crippen LogP contribution in [-0.4, -0.2) is 40.9 Å². The molecule has 1 aromatic heterocycles. The summed E-state index contributed by atoms with van der Waals surface area (Å²) in [7, 11) is 2.27. The third-order valence-electron chi connectivity index (χ3n) is 4.40. The fourth-order valence-electron chi connectivity index (χ4n) is 3.35. The lowest BCUT2D eigenvalue weighted by Gasteiger charge is -2.33. The van der Waals surface area contributed by atoms with E-state index >= 15 is 0 Å². The lowest BCUT2D eigenvalue weighted by molar-refractivity contribution is 0.177. The molecule has 0 aromatic carbocycles. The molecule has 0 bridgehead atoms. The van der Waals surface area contributed by atoms with Crippen LogP contribution in [0.3, 0.4) is 0 Å². The molecule has 0 radical (unpaired) electrons. The van der Waals surface area contributed by atoms with Gasteiger partial charge in [0.1, 0.15) is 0 Å². The molecule has 1 saturated heterocycles. The van der Waals surface area contributed by atoms with E-state index in [0.717, 1.165) is 13.1 Å². The molecule has 2 rings (SSSR count). The van der Waals surface area contributed by atoms with E-state index in [2.05, 4.69) is 53.9 Å². The zero-order valence-corrected chi connectivity index (χ0v) is 13.5. The number of aryl methyl sites for hydroxylation is 1. The SMILES string of the molecule is CCn1nccc1C1C(CNC(C)C)CCCCN1C. The Bertz CT molecular complexity index is 399. The first-order chi connectivity index (χ1) is 9.63. The summed E-state index contributed by atoms with van der Waals surface area (Å²) in [6.45, 7) is 9.88. The van der Waals surface area contributed by atoms with Crippen molar-refractivity contribution < 1.29 is 0 Å². The molecule has 0 aliphatic carbocycles. The maximum absolute atomic E-state index is 4.47. The van der Waals surface area contributed by atoms with E-state index < -0.39 is 0 Å². The number of nitrogens with zero attached hydrogens (tertiary/aromatic N) is 3. The standard InChI is InChI=1S/C16H30N4/c1-5-20-15(9-10-18-20)16-14(12-17-13(2)3)8-6-7-11-19(16)4/h9-10,13-14,16-17H,5-8,11-12H2,1-4H3. The Morgan fingerprint density at radius 2 is 2.20 bits per heavy atom. The zero-order chi connectivity index (χ0) is 14.5. The van der Waals surface area contributed by atoms with E-state index in [1.807, 2.05) is 6.20 Å². The number of aromatic nitrogens is 2. The first-order valence-electron chi connectivity index (χ1n) is 8.08. The maximum atomic E-state index is 4.47. The third-order valence-corrected chi connectivity index (χ3v) is 4.40. The van der Waals surface area contributed by atoms with Gasteiger partial charge in [-0.2, -0.15) is 5.10 Å². The Hall–Kier alpha value is -0.870. The predicted molar refractivity (Wildman–Crippen MR) is 83.8 cm³/mol. The normalized spacial score (nSPS) is 25.1. The van der Waals surface area contributed by atoms with Crippen LogP contribution < -0.4 is 5.32 Å². The first kappa shape index (κ1) is 15.5. The first-order valence-corrected chi connectivity index (χ1v) is 8.08. The summed E-state index contributed by atoms with van der Waals surface area (Å²) in [5, 5.41) is 8.11. The van der Waals surface area contributed by atoms with Crippen molar-refractivity contribution >= 4 is 0 Å². The van der Waals surface area contributed by atoms with Crippen LogP contribution >= 0.6 is 0 Å². The van der Waals surface area contributed by atoms with E-state index in [0.29, 0.717) is 18.0 Å². The van der Waals surface area contributed by atoms with Crippen LogP contribution in [0.1, 0.15) is 51.8 Å². The summed E-state index contributed by atoms with van der Waals surface area (Å²) in [5.41, 5.74) is 1.38. The highest BCUT2D eigenvalue weighted by atomic mass is 15.3. The molecular formula is C16H30N4. The third kappa shape index (κ3) is 3.61. The van der Waals surface area contributed by atoms with Crippen LogP contribution in [0.25, 0.3) is 0 Å². The van der Waals surface area contributed by atoms with Crippen LogP contribution in [0.4, 0.5) is 0 Å². The topological polar surface area (TPSA) is 33.1 Å². The Balaban J connectivity index is 2.21. The second kappa shape index (κ2) is 7.23. The summed E-state index contributed by atoms with van der Waals surface area (Å²) in [6, 6.07) is 3.25. The molecule has 2 heterocycles. The van der Waals surface area contributed by atoms with Crippen LogP contribution in [0.2, 0.25) is 0 Å². The van der Waals surface area contributed by atoms with Crippen molar-refractivity contribution in [1.82, 2.24) is 20.0 Å². The van der Waals surface area contributed by atoms with E-state index in [4.69, 9.17) is 0 Å². The zero-order valence-electron chi connectivity index (χ0n) is 13.5. The number of rotatable bonds is 5. The minimum atomic E-state index is 0.492. The van der Waals surface area contributed by atoms with Crippen LogP contribution in [0.15, 0.2) is 12.3 Å². The highest BCUT2D eigenvalue weighted by molar-refractivity contribution is 5.10. The Morgan fingerprint density at radius 3 is 2.90 bits per heavy atom. The monoisotopic (exact) mass is 278 g/mol. The molecular weight excluding hydrogens is 248 g/mol. The molecule has 2 unspecified atom stereocenters. The van der Waals surface area contributed by atoms with Gasteiger partial charge in [-0.1, -0.05) is 20.3 Å². The smallest absolute Gasteiger partial charge is 0.0558 e. The maximum Gasteiger partial charge on any atom is 0.0558 e. The Labute approximate surface area is 123 Å². The molecule has 4 heteroatoms. The number of hydrogen-bond acceptors (Lipinski definition) is 3. The Kier molecular flexibility index (Phi) is 5.61. The van der Waals surface area contributed by atoms with Gasteiger partial charge in [0.15, 0.2) is 0 Å². The highest BCUT2D eigenvalue weighted by Gasteiger charge is 2.31. The Morgan fingerprint density at radius 1 is 1.40 bits per heavy atom. The van der Waals surface area contributed by atoms with Gasteiger partial charge in [-0.25, -0.2) is 0 Å². The van der Waals surface area contributed by atoms with Crippen LogP contribution in [0, 0.1) is 5.92 Å². The molecule has 114 valence electrons. The van der Waals surface area contributed by atoms with E-state index in [9.17, 15) is 0 Å². The minimum Gasteiger partial charge on any atom is -0.314 e. The molecule has 0 saturated carbocycles. The average molecular weight is 278 g/mol. The molecule has 0 amide bonds. The van der Waals surface area contributed by atoms with Crippen molar-refractivity contribution in [1.29, 1.82) is 0 Å². The van der Waals surface area contributed by atoms with Crippen LogP contribution in [0.5, 0.6) is 0 Å². The van der Waals surface area contributed by atoms with Crippen molar-refractivity contribution in [3.8, 4) is 0 Å². The molecule has 0 spiro atoms. The molecule has 1 aromatic rings. The summed E-state index contributed by atoms with van der Waals surface area (Å²) in [4.78, 5) is 2.53. The molecule has 1 fully saturated rings. The largest absolute Gasteiger partial charge is 0.314 e. The fourth-order valence-corrected chi connectivity index (χ4v) is 3.35. The lowest BCUT2D eigenvalue weighted by atomic mass is 9.92. The van der Waals surface area contributed by atoms with E-state index in [1.54, 1.807) is 0 Å². The van der Waals surface area contributed by atoms with Gasteiger partial charge in [-0.05, 0) is 45.3 Å². The number of likely N-dealkylation sites (tertiary alicyclic amines) is 1. The predicted octanol–water partition coefficient (Wildman–Crippen LogP) is 2.67. The van der Waals surface area contributed by atoms with E-state index in [-0.39, 0.29) is 0 Å². The molecule has 1 aliphatic heterocycles. The summed E-state index contributed by atoms with van der Waals surface area (Å²) in [6.07, 6.45) is 5.91. The second-order valence-corrected chi connectivity index (χ2v) is 6.32. The molecule has 1 aliphatic rings. The van der Waals surface area contributed by atoms with Crippen molar-refractivity contribution in [2.24, 2.45) is 5.92 Å². The quantitative estimate of drug-likeness (QED) is 0.899. The summed E-state index contributed by atoms with van der Waals surface area (Å²) in [5.74, 6) is 0.673. The van der Waals surface area contributed by atoms with Gasteiger partial charge < -0.3 is 5.32 Å². The highest BCUT2D eigenvalue weighted by Crippen LogP contribution is 2.33. The van der Waals surface area contributed by atoms with Crippen molar-refractivity contribution in [2.45, 2.75) is 58.7 Å². The van der Waals surface area contributed by atoms with Crippen LogP contribution in [-0.2, 0) is 6.54 Å². The van der Waals surface area contributed by atoms with Gasteiger partial charge in [0.05, 0.1) is 11.7 Å². The molecule has 1 N–H and O–H groups in total. The second-order valence-electron chi connectivity index (χ2n) is 6.32. The van der Waals surface area contributed by atoms with Crippen molar-refractivity contribution in [3.63, 3.8) is 0 Å². The number of nitrogens with one attached hydrogen (secondary N) is 1. The fraction of sp³-hybridized carbons (Fsp3) is 0.812. The number of hydrogen-bond donors (Lipinski definition) is 1. The van der Waals surface area contributed by atoms with Crippen molar-refractivity contribution in [3.05, 3.63) is 18.0 Å². The van der Waals surface area contributed by atoms with Gasteiger partial charge in [-0.15, -0.1) is 0 Å². The summed E-state index contributed by atoms with van der Waals surface area (Å²) < 4.78 is 2.16. The minimum absolute atomic E-state index is 0.492. The van der Waals surface area contributed by atoms with Gasteiger partial charge in [0, 0.05) is 25.3 Å². The van der Waals surface area contributed by atoms with Gasteiger partial charge in [0.25, 0.3) is 0 Å². The van der Waals surface area contributed by atoms with E-state index in [1.165, 1.54) is 31.5 Å². The average Bonchev–Trinajstić information content (AvgIpc) is 2.80. The van der Waals surface area contributed by atoms with Gasteiger partial charge in [0.2, 0.25) is 0 Å². The lowest BCUT2D eigenvalue weighted by Crippen LogP contribution is -2.38. The molecule has 20 heavy (non-hydrogen) atoms. The molecule has 2 atom stereocenters. The van der Waals surface area contributed by atoms with Gasteiger partial charge >= 0.3 is 0 Å².